The first-order valence-electron chi connectivity index (χ1n) is 6.69. The SMILES string of the molecule is CCOC(=O)C#Cc1ccc(-c2ccc(-c3cccs3)s2)s1. The van der Waals surface area contributed by atoms with Gasteiger partial charge >= 0.3 is 5.97 Å². The fraction of sp³-hybridized carbons (Fsp3) is 0.118. The number of thiophene rings is 3. The second kappa shape index (κ2) is 6.93. The maximum atomic E-state index is 11.2. The van der Waals surface area contributed by atoms with Gasteiger partial charge in [-0.2, -0.15) is 0 Å². The van der Waals surface area contributed by atoms with Crippen LogP contribution in [0.3, 0.4) is 0 Å². The number of esters is 1. The summed E-state index contributed by atoms with van der Waals surface area (Å²) in [7, 11) is 0. The predicted octanol–water partition coefficient (Wildman–Crippen LogP) is 5.12. The van der Waals surface area contributed by atoms with Crippen LogP contribution in [0, 0.1) is 11.8 Å². The van der Waals surface area contributed by atoms with Crippen LogP contribution in [0.25, 0.3) is 19.5 Å². The molecule has 5 heteroatoms. The first-order chi connectivity index (χ1) is 10.8. The Kier molecular flexibility index (Phi) is 4.74. The maximum Gasteiger partial charge on any atom is 0.384 e. The Morgan fingerprint density at radius 2 is 1.77 bits per heavy atom. The highest BCUT2D eigenvalue weighted by atomic mass is 32.1. The summed E-state index contributed by atoms with van der Waals surface area (Å²) < 4.78 is 4.80. The number of ether oxygens (including phenoxy) is 1. The molecule has 3 aromatic heterocycles. The van der Waals surface area contributed by atoms with E-state index in [0.29, 0.717) is 6.61 Å². The molecule has 0 unspecified atom stereocenters. The lowest BCUT2D eigenvalue weighted by Gasteiger charge is -1.90. The van der Waals surface area contributed by atoms with Crippen molar-refractivity contribution in [2.75, 3.05) is 6.61 Å². The van der Waals surface area contributed by atoms with Crippen LogP contribution in [0.1, 0.15) is 11.8 Å². The zero-order valence-electron chi connectivity index (χ0n) is 11.8. The molecule has 0 radical (unpaired) electrons. The normalized spacial score (nSPS) is 10.0. The summed E-state index contributed by atoms with van der Waals surface area (Å²) in [4.78, 5) is 17.1. The maximum absolute atomic E-state index is 11.2. The fourth-order valence-electron chi connectivity index (χ4n) is 1.84. The summed E-state index contributed by atoms with van der Waals surface area (Å²) in [5.41, 5.74) is 0. The largest absolute Gasteiger partial charge is 0.456 e. The molecule has 0 spiro atoms. The van der Waals surface area contributed by atoms with E-state index in [1.54, 1.807) is 40.9 Å². The van der Waals surface area contributed by atoms with Crippen molar-refractivity contribution in [3.8, 4) is 31.3 Å². The molecule has 0 saturated heterocycles. The third-order valence-corrected chi connectivity index (χ3v) is 6.13. The lowest BCUT2D eigenvalue weighted by atomic mass is 10.3. The average Bonchev–Trinajstić information content (AvgIpc) is 3.24. The molecule has 22 heavy (non-hydrogen) atoms. The molecule has 0 aromatic carbocycles. The fourth-order valence-corrected chi connectivity index (χ4v) is 4.63. The molecular formula is C17H12O2S3. The molecule has 0 aliphatic heterocycles. The van der Waals surface area contributed by atoms with Crippen LogP contribution in [-0.4, -0.2) is 12.6 Å². The van der Waals surface area contributed by atoms with E-state index in [1.165, 1.54) is 19.5 Å². The highest BCUT2D eigenvalue weighted by Gasteiger charge is 2.07. The van der Waals surface area contributed by atoms with Gasteiger partial charge in [-0.05, 0) is 48.6 Å². The second-order valence-corrected chi connectivity index (χ2v) is 7.39. The van der Waals surface area contributed by atoms with Crippen LogP contribution in [0.15, 0.2) is 41.8 Å². The summed E-state index contributed by atoms with van der Waals surface area (Å²) in [5, 5.41) is 2.09. The summed E-state index contributed by atoms with van der Waals surface area (Å²) >= 11 is 5.11. The Balaban J connectivity index is 1.78. The monoisotopic (exact) mass is 344 g/mol. The Bertz CT molecular complexity index is 829. The van der Waals surface area contributed by atoms with E-state index in [4.69, 9.17) is 4.74 Å². The molecule has 2 nitrogen and oxygen atoms in total. The molecule has 0 fully saturated rings. The molecule has 0 N–H and O–H groups in total. The minimum absolute atomic E-state index is 0.351. The van der Waals surface area contributed by atoms with Crippen LogP contribution in [0.5, 0.6) is 0 Å². The molecule has 0 saturated carbocycles. The van der Waals surface area contributed by atoms with Gasteiger partial charge in [0.2, 0.25) is 0 Å². The highest BCUT2D eigenvalue weighted by Crippen LogP contribution is 2.38. The third-order valence-electron chi connectivity index (χ3n) is 2.78. The number of hydrogen-bond donors (Lipinski definition) is 0. The minimum Gasteiger partial charge on any atom is -0.456 e. The van der Waals surface area contributed by atoms with Gasteiger partial charge in [0.1, 0.15) is 0 Å². The van der Waals surface area contributed by atoms with E-state index >= 15 is 0 Å². The van der Waals surface area contributed by atoms with Gasteiger partial charge in [0.15, 0.2) is 0 Å². The number of carbonyl (C=O) groups excluding carboxylic acids is 1. The van der Waals surface area contributed by atoms with Crippen LogP contribution in [-0.2, 0) is 9.53 Å². The molecular weight excluding hydrogens is 332 g/mol. The van der Waals surface area contributed by atoms with Crippen LogP contribution >= 0.6 is 34.0 Å². The van der Waals surface area contributed by atoms with Crippen molar-refractivity contribution in [1.29, 1.82) is 0 Å². The van der Waals surface area contributed by atoms with E-state index in [9.17, 15) is 4.79 Å². The molecule has 3 aromatic rings. The summed E-state index contributed by atoms with van der Waals surface area (Å²) in [6.45, 7) is 2.12. The standard InChI is InChI=1S/C17H12O2S3/c1-2-19-17(18)10-6-12-5-7-15(21-12)16-9-8-14(22-16)13-4-3-11-20-13/h3-5,7-9,11H,2H2,1H3. The third kappa shape index (κ3) is 3.47. The summed E-state index contributed by atoms with van der Waals surface area (Å²) in [6, 6.07) is 12.5. The lowest BCUT2D eigenvalue weighted by molar-refractivity contribution is -0.136. The van der Waals surface area contributed by atoms with E-state index in [-0.39, 0.29) is 0 Å². The quantitative estimate of drug-likeness (QED) is 0.487. The zero-order valence-corrected chi connectivity index (χ0v) is 14.2. The molecule has 0 atom stereocenters. The highest BCUT2D eigenvalue weighted by molar-refractivity contribution is 7.26. The Hall–Kier alpha value is -1.87. The average molecular weight is 344 g/mol. The van der Waals surface area contributed by atoms with Gasteiger partial charge in [-0.15, -0.1) is 34.0 Å². The van der Waals surface area contributed by atoms with Crippen LogP contribution in [0.2, 0.25) is 0 Å². The van der Waals surface area contributed by atoms with Crippen molar-refractivity contribution in [2.24, 2.45) is 0 Å². The first-order valence-corrected chi connectivity index (χ1v) is 9.20. The number of hydrogen-bond acceptors (Lipinski definition) is 5. The molecule has 0 aliphatic carbocycles. The van der Waals surface area contributed by atoms with Crippen molar-refractivity contribution >= 4 is 40.0 Å². The molecule has 110 valence electrons. The van der Waals surface area contributed by atoms with Gasteiger partial charge in [-0.3, -0.25) is 0 Å². The lowest BCUT2D eigenvalue weighted by Crippen LogP contribution is -1.99. The number of carbonyl (C=O) groups is 1. The van der Waals surface area contributed by atoms with Crippen molar-refractivity contribution < 1.29 is 9.53 Å². The van der Waals surface area contributed by atoms with E-state index in [0.717, 1.165) is 4.88 Å². The molecule has 0 amide bonds. The van der Waals surface area contributed by atoms with Gasteiger partial charge in [-0.25, -0.2) is 4.79 Å². The van der Waals surface area contributed by atoms with Gasteiger partial charge in [0.25, 0.3) is 0 Å². The summed E-state index contributed by atoms with van der Waals surface area (Å²) in [6.07, 6.45) is 0. The molecule has 3 heterocycles. The van der Waals surface area contributed by atoms with Crippen molar-refractivity contribution in [1.82, 2.24) is 0 Å². The smallest absolute Gasteiger partial charge is 0.384 e. The Labute approximate surface area is 141 Å². The van der Waals surface area contributed by atoms with E-state index < -0.39 is 5.97 Å². The first kappa shape index (κ1) is 15.0. The summed E-state index contributed by atoms with van der Waals surface area (Å²) in [5.74, 6) is 4.87. The Morgan fingerprint density at radius 3 is 2.50 bits per heavy atom. The molecule has 3 rings (SSSR count). The van der Waals surface area contributed by atoms with Crippen molar-refractivity contribution in [2.45, 2.75) is 6.92 Å². The van der Waals surface area contributed by atoms with E-state index in [1.807, 2.05) is 12.1 Å². The van der Waals surface area contributed by atoms with Gasteiger partial charge in [-0.1, -0.05) is 6.07 Å². The molecule has 0 aliphatic rings. The van der Waals surface area contributed by atoms with Gasteiger partial charge in [0.05, 0.1) is 11.5 Å². The topological polar surface area (TPSA) is 26.3 Å². The van der Waals surface area contributed by atoms with Crippen LogP contribution < -0.4 is 0 Å². The second-order valence-electron chi connectivity index (χ2n) is 4.28. The predicted molar refractivity (Wildman–Crippen MR) is 94.5 cm³/mol. The zero-order chi connectivity index (χ0) is 15.4. The van der Waals surface area contributed by atoms with Crippen molar-refractivity contribution in [3.63, 3.8) is 0 Å². The number of rotatable bonds is 3. The van der Waals surface area contributed by atoms with E-state index in [2.05, 4.69) is 41.5 Å². The van der Waals surface area contributed by atoms with Crippen molar-refractivity contribution in [3.05, 3.63) is 46.7 Å². The minimum atomic E-state index is -0.478. The van der Waals surface area contributed by atoms with Crippen LogP contribution in [0.4, 0.5) is 0 Å². The Morgan fingerprint density at radius 1 is 1.05 bits per heavy atom. The molecule has 0 bridgehead atoms. The van der Waals surface area contributed by atoms with Gasteiger partial charge < -0.3 is 4.74 Å². The van der Waals surface area contributed by atoms with Gasteiger partial charge in [0, 0.05) is 25.4 Å².